The van der Waals surface area contributed by atoms with E-state index in [0.29, 0.717) is 18.2 Å². The third kappa shape index (κ3) is 5.45. The second kappa shape index (κ2) is 8.97. The number of likely N-dealkylation sites (N-methyl/N-ethyl adjacent to an activating group) is 1. The lowest BCUT2D eigenvalue weighted by atomic mass is 9.86. The third-order valence-electron chi connectivity index (χ3n) is 4.81. The van der Waals surface area contributed by atoms with Gasteiger partial charge in [0.2, 0.25) is 5.91 Å². The topological polar surface area (TPSA) is 23.6 Å². The second-order valence-corrected chi connectivity index (χ2v) is 7.10. The largest absolute Gasteiger partial charge is 0.335 e. The maximum Gasteiger partial charge on any atom is 0.246 e. The SMILES string of the molecule is CN(C)CCN(C(=O)C=Cc1ccccc1F)[C@H]1CC[C@H](C)CC1. The molecular weight excluding hydrogens is 303 g/mol. The van der Waals surface area contributed by atoms with Gasteiger partial charge in [-0.05, 0) is 57.8 Å². The molecule has 1 aromatic carbocycles. The highest BCUT2D eigenvalue weighted by Crippen LogP contribution is 2.27. The summed E-state index contributed by atoms with van der Waals surface area (Å²) in [7, 11) is 4.03. The summed E-state index contributed by atoms with van der Waals surface area (Å²) in [6, 6.07) is 6.84. The van der Waals surface area contributed by atoms with Crippen LogP contribution >= 0.6 is 0 Å². The average Bonchev–Trinajstić information content (AvgIpc) is 2.55. The van der Waals surface area contributed by atoms with Crippen LogP contribution in [0.5, 0.6) is 0 Å². The van der Waals surface area contributed by atoms with Gasteiger partial charge in [-0.25, -0.2) is 4.39 Å². The van der Waals surface area contributed by atoms with Crippen LogP contribution in [0.1, 0.15) is 38.2 Å². The molecule has 0 bridgehead atoms. The first-order valence-corrected chi connectivity index (χ1v) is 8.85. The highest BCUT2D eigenvalue weighted by Gasteiger charge is 2.26. The van der Waals surface area contributed by atoms with Crippen LogP contribution in [-0.2, 0) is 4.79 Å². The van der Waals surface area contributed by atoms with Crippen LogP contribution in [0.4, 0.5) is 4.39 Å². The van der Waals surface area contributed by atoms with Gasteiger partial charge in [0.05, 0.1) is 0 Å². The number of carbonyl (C=O) groups excluding carboxylic acids is 1. The van der Waals surface area contributed by atoms with Gasteiger partial charge in [-0.2, -0.15) is 0 Å². The van der Waals surface area contributed by atoms with Crippen molar-refractivity contribution in [1.82, 2.24) is 9.80 Å². The lowest BCUT2D eigenvalue weighted by Crippen LogP contribution is -2.44. The Morgan fingerprint density at radius 2 is 1.83 bits per heavy atom. The van der Waals surface area contributed by atoms with Gasteiger partial charge in [0.1, 0.15) is 5.82 Å². The van der Waals surface area contributed by atoms with Crippen molar-refractivity contribution in [2.45, 2.75) is 38.6 Å². The number of halogens is 1. The average molecular weight is 332 g/mol. The molecule has 0 saturated heterocycles. The molecule has 1 aliphatic rings. The molecule has 2 rings (SSSR count). The van der Waals surface area contributed by atoms with Crippen molar-refractivity contribution >= 4 is 12.0 Å². The number of rotatable bonds is 6. The van der Waals surface area contributed by atoms with Crippen molar-refractivity contribution in [1.29, 1.82) is 0 Å². The summed E-state index contributed by atoms with van der Waals surface area (Å²) in [6.07, 6.45) is 7.58. The molecular formula is C20H29FN2O. The van der Waals surface area contributed by atoms with Gasteiger partial charge in [0, 0.05) is 30.8 Å². The first kappa shape index (κ1) is 18.7. The number of nitrogens with zero attached hydrogens (tertiary/aromatic N) is 2. The number of hydrogen-bond acceptors (Lipinski definition) is 2. The Morgan fingerprint density at radius 3 is 2.46 bits per heavy atom. The molecule has 24 heavy (non-hydrogen) atoms. The lowest BCUT2D eigenvalue weighted by molar-refractivity contribution is -0.129. The molecule has 132 valence electrons. The molecule has 1 amide bonds. The summed E-state index contributed by atoms with van der Waals surface area (Å²) in [5.41, 5.74) is 0.454. The smallest absolute Gasteiger partial charge is 0.246 e. The van der Waals surface area contributed by atoms with Gasteiger partial charge < -0.3 is 9.80 Å². The van der Waals surface area contributed by atoms with Gasteiger partial charge in [0.25, 0.3) is 0 Å². The standard InChI is InChI=1S/C20H29FN2O/c1-16-8-11-18(12-9-16)23(15-14-22(2)3)20(24)13-10-17-6-4-5-7-19(17)21/h4-7,10,13,16,18H,8-9,11-12,14-15H2,1-3H3/t16-,18-. The van der Waals surface area contributed by atoms with Crippen LogP contribution in [0.3, 0.4) is 0 Å². The maximum absolute atomic E-state index is 13.7. The van der Waals surface area contributed by atoms with Crippen LogP contribution < -0.4 is 0 Å². The predicted molar refractivity (Wildman–Crippen MR) is 97.1 cm³/mol. The van der Waals surface area contributed by atoms with Crippen LogP contribution in [0.15, 0.2) is 30.3 Å². The second-order valence-electron chi connectivity index (χ2n) is 7.10. The fourth-order valence-corrected chi connectivity index (χ4v) is 3.20. The Balaban J connectivity index is 2.07. The van der Waals surface area contributed by atoms with Crippen LogP contribution in [0.2, 0.25) is 0 Å². The fraction of sp³-hybridized carbons (Fsp3) is 0.550. The number of carbonyl (C=O) groups is 1. The van der Waals surface area contributed by atoms with Gasteiger partial charge in [-0.15, -0.1) is 0 Å². The minimum absolute atomic E-state index is 0.0142. The number of amides is 1. The molecule has 0 radical (unpaired) electrons. The molecule has 4 heteroatoms. The normalized spacial score (nSPS) is 21.4. The molecule has 3 nitrogen and oxygen atoms in total. The molecule has 0 unspecified atom stereocenters. The van der Waals surface area contributed by atoms with Crippen molar-refractivity contribution < 1.29 is 9.18 Å². The van der Waals surface area contributed by atoms with Crippen LogP contribution in [0, 0.1) is 11.7 Å². The fourth-order valence-electron chi connectivity index (χ4n) is 3.20. The van der Waals surface area contributed by atoms with E-state index in [9.17, 15) is 9.18 Å². The van der Waals surface area contributed by atoms with Crippen molar-refractivity contribution in [2.75, 3.05) is 27.2 Å². The van der Waals surface area contributed by atoms with E-state index in [4.69, 9.17) is 0 Å². The Kier molecular flexibility index (Phi) is 6.98. The van der Waals surface area contributed by atoms with Crippen LogP contribution in [0.25, 0.3) is 6.08 Å². The van der Waals surface area contributed by atoms with Crippen molar-refractivity contribution in [2.24, 2.45) is 5.92 Å². The summed E-state index contributed by atoms with van der Waals surface area (Å²) < 4.78 is 13.7. The van der Waals surface area contributed by atoms with E-state index < -0.39 is 0 Å². The van der Waals surface area contributed by atoms with Gasteiger partial charge in [-0.3, -0.25) is 4.79 Å². The van der Waals surface area contributed by atoms with E-state index in [-0.39, 0.29) is 11.7 Å². The Morgan fingerprint density at radius 1 is 1.17 bits per heavy atom. The third-order valence-corrected chi connectivity index (χ3v) is 4.81. The van der Waals surface area contributed by atoms with Crippen molar-refractivity contribution in [3.8, 4) is 0 Å². The van der Waals surface area contributed by atoms with E-state index in [1.165, 1.54) is 25.0 Å². The molecule has 1 aliphatic carbocycles. The van der Waals surface area contributed by atoms with Crippen molar-refractivity contribution in [3.05, 3.63) is 41.7 Å². The van der Waals surface area contributed by atoms with Crippen molar-refractivity contribution in [3.63, 3.8) is 0 Å². The number of hydrogen-bond donors (Lipinski definition) is 0. The van der Waals surface area contributed by atoms with Gasteiger partial charge in [0.15, 0.2) is 0 Å². The van der Waals surface area contributed by atoms with E-state index in [0.717, 1.165) is 25.3 Å². The molecule has 0 aliphatic heterocycles. The molecule has 1 saturated carbocycles. The Hall–Kier alpha value is -1.68. The molecule has 0 spiro atoms. The molecule has 0 heterocycles. The first-order valence-electron chi connectivity index (χ1n) is 8.85. The van der Waals surface area contributed by atoms with E-state index in [2.05, 4.69) is 11.8 Å². The summed E-state index contributed by atoms with van der Waals surface area (Å²) in [5.74, 6) is 0.438. The molecule has 1 fully saturated rings. The summed E-state index contributed by atoms with van der Waals surface area (Å²) in [6.45, 7) is 3.83. The van der Waals surface area contributed by atoms with E-state index in [1.54, 1.807) is 24.3 Å². The Bertz CT molecular complexity index is 563. The number of benzene rings is 1. The zero-order chi connectivity index (χ0) is 17.5. The van der Waals surface area contributed by atoms with E-state index >= 15 is 0 Å². The lowest BCUT2D eigenvalue weighted by Gasteiger charge is -2.36. The first-order chi connectivity index (χ1) is 11.5. The van der Waals surface area contributed by atoms with Crippen LogP contribution in [-0.4, -0.2) is 48.9 Å². The predicted octanol–water partition coefficient (Wildman–Crippen LogP) is 3.81. The molecule has 0 atom stereocenters. The highest BCUT2D eigenvalue weighted by molar-refractivity contribution is 5.92. The maximum atomic E-state index is 13.7. The molecule has 1 aromatic rings. The summed E-state index contributed by atoms with van der Waals surface area (Å²) in [4.78, 5) is 16.8. The minimum atomic E-state index is -0.298. The monoisotopic (exact) mass is 332 g/mol. The van der Waals surface area contributed by atoms with Gasteiger partial charge >= 0.3 is 0 Å². The minimum Gasteiger partial charge on any atom is -0.335 e. The quantitative estimate of drug-likeness (QED) is 0.740. The highest BCUT2D eigenvalue weighted by atomic mass is 19.1. The summed E-state index contributed by atoms with van der Waals surface area (Å²) in [5, 5.41) is 0. The van der Waals surface area contributed by atoms with E-state index in [1.807, 2.05) is 19.0 Å². The summed E-state index contributed by atoms with van der Waals surface area (Å²) >= 11 is 0. The molecule has 0 N–H and O–H groups in total. The Labute approximate surface area is 145 Å². The van der Waals surface area contributed by atoms with Gasteiger partial charge in [-0.1, -0.05) is 25.1 Å². The molecule has 0 aromatic heterocycles. The zero-order valence-corrected chi connectivity index (χ0v) is 15.0. The zero-order valence-electron chi connectivity index (χ0n) is 15.0.